The molecular weight excluding hydrogens is 456 g/mol. The SMILES string of the molecule is O=C(NCc1ccccc1)[C@H](c1ccc(O)cc1)N(C(=O)[C@@H]1COc2ccccc2O1)C1CCCC1. The maximum Gasteiger partial charge on any atom is 0.268 e. The minimum Gasteiger partial charge on any atom is -0.508 e. The van der Waals surface area contributed by atoms with Gasteiger partial charge in [0.2, 0.25) is 12.0 Å². The number of carbonyl (C=O) groups is 2. The molecule has 186 valence electrons. The third-order valence-corrected chi connectivity index (χ3v) is 6.80. The highest BCUT2D eigenvalue weighted by molar-refractivity contribution is 5.91. The number of rotatable bonds is 7. The standard InChI is InChI=1S/C29H30N2O5/c32-23-16-14-21(15-17-23)27(28(33)30-18-20-8-2-1-3-9-20)31(22-10-4-5-11-22)29(34)26-19-35-24-12-6-7-13-25(24)36-26/h1-3,6-9,12-17,22,26-27,32H,4-5,10-11,18-19H2,(H,30,33)/t26-,27-/m0/s1. The second kappa shape index (κ2) is 10.7. The number of ether oxygens (including phenoxy) is 2. The summed E-state index contributed by atoms with van der Waals surface area (Å²) in [5.74, 6) is 0.667. The van der Waals surface area contributed by atoms with Gasteiger partial charge in [0.25, 0.3) is 5.91 Å². The van der Waals surface area contributed by atoms with E-state index in [0.29, 0.717) is 23.6 Å². The molecule has 0 spiro atoms. The molecule has 1 saturated carbocycles. The summed E-state index contributed by atoms with van der Waals surface area (Å²) in [7, 11) is 0. The normalized spacial score (nSPS) is 17.8. The Labute approximate surface area is 210 Å². The summed E-state index contributed by atoms with van der Waals surface area (Å²) < 4.78 is 11.9. The number of nitrogens with zero attached hydrogens (tertiary/aromatic N) is 1. The Bertz CT molecular complexity index is 1190. The Morgan fingerprint density at radius 1 is 0.917 bits per heavy atom. The molecule has 2 amide bonds. The molecule has 1 fully saturated rings. The van der Waals surface area contributed by atoms with Gasteiger partial charge >= 0.3 is 0 Å². The summed E-state index contributed by atoms with van der Waals surface area (Å²) in [6.07, 6.45) is 2.76. The molecule has 1 aliphatic carbocycles. The van der Waals surface area contributed by atoms with E-state index in [1.807, 2.05) is 42.5 Å². The molecule has 3 aromatic carbocycles. The van der Waals surface area contributed by atoms with Gasteiger partial charge in [0, 0.05) is 12.6 Å². The van der Waals surface area contributed by atoms with E-state index in [2.05, 4.69) is 5.32 Å². The van der Waals surface area contributed by atoms with Gasteiger partial charge in [-0.3, -0.25) is 9.59 Å². The number of para-hydroxylation sites is 2. The first-order valence-corrected chi connectivity index (χ1v) is 12.4. The van der Waals surface area contributed by atoms with Crippen molar-refractivity contribution in [3.63, 3.8) is 0 Å². The summed E-state index contributed by atoms with van der Waals surface area (Å²) in [6.45, 7) is 0.421. The van der Waals surface area contributed by atoms with Crippen LogP contribution in [0.2, 0.25) is 0 Å². The van der Waals surface area contributed by atoms with Crippen molar-refractivity contribution >= 4 is 11.8 Å². The number of hydrogen-bond acceptors (Lipinski definition) is 5. The van der Waals surface area contributed by atoms with Gasteiger partial charge in [-0.05, 0) is 48.2 Å². The number of amides is 2. The summed E-state index contributed by atoms with van der Waals surface area (Å²) in [6, 6.07) is 22.4. The van der Waals surface area contributed by atoms with Crippen LogP contribution in [0.1, 0.15) is 42.9 Å². The quantitative estimate of drug-likeness (QED) is 0.518. The predicted molar refractivity (Wildman–Crippen MR) is 135 cm³/mol. The second-order valence-electron chi connectivity index (χ2n) is 9.25. The first kappa shape index (κ1) is 23.7. The summed E-state index contributed by atoms with van der Waals surface area (Å²) in [5, 5.41) is 12.9. The van der Waals surface area contributed by atoms with E-state index in [1.165, 1.54) is 0 Å². The minimum atomic E-state index is -0.870. The van der Waals surface area contributed by atoms with E-state index in [0.717, 1.165) is 31.2 Å². The van der Waals surface area contributed by atoms with Gasteiger partial charge in [-0.25, -0.2) is 0 Å². The molecular formula is C29H30N2O5. The Balaban J connectivity index is 1.46. The molecule has 1 heterocycles. The fourth-order valence-electron chi connectivity index (χ4n) is 4.98. The number of phenolic OH excluding ortho intramolecular Hbond substituents is 1. The molecule has 2 aliphatic rings. The fraction of sp³-hybridized carbons (Fsp3) is 0.310. The van der Waals surface area contributed by atoms with Gasteiger partial charge in [-0.1, -0.05) is 67.4 Å². The number of fused-ring (bicyclic) bond motifs is 1. The van der Waals surface area contributed by atoms with Crippen LogP contribution in [0.5, 0.6) is 17.2 Å². The molecule has 5 rings (SSSR count). The van der Waals surface area contributed by atoms with Crippen LogP contribution in [-0.4, -0.2) is 40.6 Å². The first-order valence-electron chi connectivity index (χ1n) is 12.4. The smallest absolute Gasteiger partial charge is 0.268 e. The summed E-state index contributed by atoms with van der Waals surface area (Å²) >= 11 is 0. The van der Waals surface area contributed by atoms with E-state index >= 15 is 0 Å². The predicted octanol–water partition coefficient (Wildman–Crippen LogP) is 4.36. The highest BCUT2D eigenvalue weighted by atomic mass is 16.6. The molecule has 0 saturated heterocycles. The lowest BCUT2D eigenvalue weighted by Crippen LogP contribution is -2.54. The van der Waals surface area contributed by atoms with Crippen molar-refractivity contribution in [2.24, 2.45) is 0 Å². The number of nitrogens with one attached hydrogen (secondary N) is 1. The molecule has 7 heteroatoms. The summed E-state index contributed by atoms with van der Waals surface area (Å²) in [4.78, 5) is 29.5. The second-order valence-corrected chi connectivity index (χ2v) is 9.25. The van der Waals surface area contributed by atoms with Gasteiger partial charge in [-0.15, -0.1) is 0 Å². The van der Waals surface area contributed by atoms with Crippen molar-refractivity contribution in [2.45, 2.75) is 50.4 Å². The van der Waals surface area contributed by atoms with Crippen LogP contribution in [0.15, 0.2) is 78.9 Å². The molecule has 0 radical (unpaired) electrons. The van der Waals surface area contributed by atoms with E-state index in [4.69, 9.17) is 9.47 Å². The molecule has 0 bridgehead atoms. The van der Waals surface area contributed by atoms with Crippen molar-refractivity contribution in [3.8, 4) is 17.2 Å². The number of phenols is 1. The Morgan fingerprint density at radius 2 is 1.58 bits per heavy atom. The number of benzene rings is 3. The van der Waals surface area contributed by atoms with E-state index < -0.39 is 12.1 Å². The lowest BCUT2D eigenvalue weighted by Gasteiger charge is -2.39. The zero-order valence-electron chi connectivity index (χ0n) is 20.0. The molecule has 36 heavy (non-hydrogen) atoms. The molecule has 3 aromatic rings. The lowest BCUT2D eigenvalue weighted by molar-refractivity contribution is -0.151. The topological polar surface area (TPSA) is 88.1 Å². The van der Waals surface area contributed by atoms with Gasteiger partial charge in [0.1, 0.15) is 18.4 Å². The first-order chi connectivity index (χ1) is 17.6. The third kappa shape index (κ3) is 5.15. The molecule has 1 aliphatic heterocycles. The number of carbonyl (C=O) groups excluding carboxylic acids is 2. The highest BCUT2D eigenvalue weighted by Gasteiger charge is 2.42. The van der Waals surface area contributed by atoms with Gasteiger partial charge < -0.3 is 24.8 Å². The van der Waals surface area contributed by atoms with Crippen LogP contribution in [0.3, 0.4) is 0 Å². The molecule has 7 nitrogen and oxygen atoms in total. The Hall–Kier alpha value is -4.00. The lowest BCUT2D eigenvalue weighted by atomic mass is 9.99. The minimum absolute atomic E-state index is 0.0764. The largest absolute Gasteiger partial charge is 0.508 e. The van der Waals surface area contributed by atoms with Crippen LogP contribution in [-0.2, 0) is 16.1 Å². The number of hydrogen-bond donors (Lipinski definition) is 2. The average molecular weight is 487 g/mol. The molecule has 2 N–H and O–H groups in total. The van der Waals surface area contributed by atoms with Gasteiger partial charge in [0.15, 0.2) is 11.5 Å². The zero-order chi connectivity index (χ0) is 24.9. The number of aromatic hydroxyl groups is 1. The summed E-state index contributed by atoms with van der Waals surface area (Å²) in [5.41, 5.74) is 1.60. The van der Waals surface area contributed by atoms with E-state index in [-0.39, 0.29) is 30.2 Å². The van der Waals surface area contributed by atoms with Crippen LogP contribution in [0.4, 0.5) is 0 Å². The van der Waals surface area contributed by atoms with Crippen LogP contribution in [0.25, 0.3) is 0 Å². The molecule has 2 atom stereocenters. The third-order valence-electron chi connectivity index (χ3n) is 6.80. The van der Waals surface area contributed by atoms with Crippen molar-refractivity contribution in [3.05, 3.63) is 90.0 Å². The van der Waals surface area contributed by atoms with Gasteiger partial charge in [0.05, 0.1) is 0 Å². The Morgan fingerprint density at radius 3 is 2.31 bits per heavy atom. The van der Waals surface area contributed by atoms with Crippen LogP contribution in [0, 0.1) is 0 Å². The molecule has 0 aromatic heterocycles. The monoisotopic (exact) mass is 486 g/mol. The van der Waals surface area contributed by atoms with Crippen molar-refractivity contribution in [2.75, 3.05) is 6.61 Å². The maximum atomic E-state index is 14.0. The van der Waals surface area contributed by atoms with Crippen molar-refractivity contribution in [1.82, 2.24) is 10.2 Å². The average Bonchev–Trinajstić information content (AvgIpc) is 3.45. The highest BCUT2D eigenvalue weighted by Crippen LogP contribution is 2.36. The van der Waals surface area contributed by atoms with E-state index in [9.17, 15) is 14.7 Å². The Kier molecular flexibility index (Phi) is 7.07. The van der Waals surface area contributed by atoms with Crippen LogP contribution < -0.4 is 14.8 Å². The molecule has 0 unspecified atom stereocenters. The fourth-order valence-corrected chi connectivity index (χ4v) is 4.98. The van der Waals surface area contributed by atoms with Crippen molar-refractivity contribution < 1.29 is 24.2 Å². The van der Waals surface area contributed by atoms with E-state index in [1.54, 1.807) is 41.3 Å². The van der Waals surface area contributed by atoms with Crippen LogP contribution >= 0.6 is 0 Å². The van der Waals surface area contributed by atoms with Gasteiger partial charge in [-0.2, -0.15) is 0 Å². The zero-order valence-corrected chi connectivity index (χ0v) is 20.0. The van der Waals surface area contributed by atoms with Crippen molar-refractivity contribution in [1.29, 1.82) is 0 Å². The maximum absolute atomic E-state index is 14.0.